The molecule has 0 N–H and O–H groups in total. The topological polar surface area (TPSA) is 69.7 Å². The van der Waals surface area contributed by atoms with Crippen LogP contribution in [0.5, 0.6) is 0 Å². The van der Waals surface area contributed by atoms with Crippen molar-refractivity contribution < 1.29 is 19.4 Å². The number of carboxylic acids is 1. The van der Waals surface area contributed by atoms with Gasteiger partial charge in [-0.25, -0.2) is 0 Å². The zero-order chi connectivity index (χ0) is 16.4. The molecule has 0 radical (unpaired) electrons. The van der Waals surface area contributed by atoms with Gasteiger partial charge in [-0.3, -0.25) is 4.79 Å². The van der Waals surface area contributed by atoms with E-state index in [0.29, 0.717) is 6.54 Å². The van der Waals surface area contributed by atoms with E-state index in [0.717, 1.165) is 10.0 Å². The average molecular weight is 377 g/mol. The van der Waals surface area contributed by atoms with Crippen molar-refractivity contribution >= 4 is 27.8 Å². The third kappa shape index (κ3) is 2.01. The quantitative estimate of drug-likeness (QED) is 0.739. The Bertz CT molecular complexity index is 716. The van der Waals surface area contributed by atoms with Crippen molar-refractivity contribution in [3.63, 3.8) is 0 Å². The summed E-state index contributed by atoms with van der Waals surface area (Å²) in [4.78, 5) is 26.1. The Morgan fingerprint density at radius 3 is 2.78 bits per heavy atom. The fourth-order valence-electron chi connectivity index (χ4n) is 4.05. The second-order valence-corrected chi connectivity index (χ2v) is 7.33. The minimum Gasteiger partial charge on any atom is -0.550 e. The number of rotatable bonds is 3. The van der Waals surface area contributed by atoms with Gasteiger partial charge in [0.25, 0.3) is 0 Å². The highest BCUT2D eigenvalue weighted by Crippen LogP contribution is 2.53. The molecule has 0 aliphatic carbocycles. The van der Waals surface area contributed by atoms with Crippen LogP contribution in [0.3, 0.4) is 0 Å². The molecule has 1 aromatic carbocycles. The lowest BCUT2D eigenvalue weighted by molar-refractivity contribution is -0.313. The molecule has 2 bridgehead atoms. The van der Waals surface area contributed by atoms with E-state index >= 15 is 0 Å². The summed E-state index contributed by atoms with van der Waals surface area (Å²) in [5.74, 6) is -2.95. The van der Waals surface area contributed by atoms with Crippen LogP contribution in [0, 0.1) is 11.8 Å². The van der Waals surface area contributed by atoms with Crippen LogP contribution in [-0.4, -0.2) is 35.0 Å². The molecule has 3 heterocycles. The number of hydrogen-bond acceptors (Lipinski definition) is 4. The monoisotopic (exact) mass is 376 g/mol. The van der Waals surface area contributed by atoms with E-state index in [-0.39, 0.29) is 11.9 Å². The molecule has 4 rings (SSSR count). The molecule has 120 valence electrons. The van der Waals surface area contributed by atoms with Crippen LogP contribution < -0.4 is 5.11 Å². The van der Waals surface area contributed by atoms with E-state index in [1.165, 1.54) is 0 Å². The molecule has 2 fully saturated rings. The minimum absolute atomic E-state index is 0.144. The lowest BCUT2D eigenvalue weighted by Gasteiger charge is -2.28. The molecule has 5 atom stereocenters. The Balaban J connectivity index is 1.66. The van der Waals surface area contributed by atoms with Crippen molar-refractivity contribution in [2.75, 3.05) is 6.54 Å². The van der Waals surface area contributed by atoms with Crippen LogP contribution >= 0.6 is 15.9 Å². The lowest BCUT2D eigenvalue weighted by Crippen LogP contribution is -2.45. The van der Waals surface area contributed by atoms with E-state index in [1.807, 2.05) is 37.3 Å². The number of carbonyl (C=O) groups excluding carboxylic acids is 2. The molecule has 1 spiro atoms. The van der Waals surface area contributed by atoms with E-state index in [9.17, 15) is 14.7 Å². The van der Waals surface area contributed by atoms with Crippen LogP contribution in [0.1, 0.15) is 18.5 Å². The summed E-state index contributed by atoms with van der Waals surface area (Å²) in [6.07, 6.45) is 3.06. The second-order valence-electron chi connectivity index (χ2n) is 6.41. The number of fused-ring (bicyclic) bond motifs is 1. The number of halogens is 1. The number of ether oxygens (including phenoxy) is 1. The predicted molar refractivity (Wildman–Crippen MR) is 83.0 cm³/mol. The molecule has 3 aliphatic rings. The number of hydrogen-bond donors (Lipinski definition) is 0. The van der Waals surface area contributed by atoms with Gasteiger partial charge in [-0.2, -0.15) is 0 Å². The maximum atomic E-state index is 12.9. The molecule has 6 heteroatoms. The number of carbonyl (C=O) groups is 2. The Morgan fingerprint density at radius 1 is 1.43 bits per heavy atom. The van der Waals surface area contributed by atoms with Crippen LogP contribution in [0.2, 0.25) is 0 Å². The molecule has 23 heavy (non-hydrogen) atoms. The van der Waals surface area contributed by atoms with E-state index < -0.39 is 29.5 Å². The van der Waals surface area contributed by atoms with Crippen molar-refractivity contribution in [3.05, 3.63) is 46.5 Å². The maximum absolute atomic E-state index is 12.9. The van der Waals surface area contributed by atoms with Gasteiger partial charge in [-0.05, 0) is 24.6 Å². The number of nitrogens with zero attached hydrogens (tertiary/aromatic N) is 1. The third-order valence-electron chi connectivity index (χ3n) is 5.22. The predicted octanol–water partition coefficient (Wildman–Crippen LogP) is 1.04. The molecule has 3 aliphatic heterocycles. The SMILES string of the molecule is C[C@@H](c1ccc(Br)cc1)N1C[C@@]23C=C[C@H](O2)[C@@H](C(=O)[O-])[C@H]3C1=O. The summed E-state index contributed by atoms with van der Waals surface area (Å²) in [6.45, 7) is 2.33. The summed E-state index contributed by atoms with van der Waals surface area (Å²) in [5, 5.41) is 11.5. The fourth-order valence-corrected chi connectivity index (χ4v) is 4.31. The second kappa shape index (κ2) is 4.92. The number of benzene rings is 1. The van der Waals surface area contributed by atoms with Gasteiger partial charge in [0.2, 0.25) is 5.91 Å². The van der Waals surface area contributed by atoms with Gasteiger partial charge in [0.1, 0.15) is 5.60 Å². The molecule has 1 amide bonds. The van der Waals surface area contributed by atoms with Gasteiger partial charge in [-0.15, -0.1) is 0 Å². The average Bonchev–Trinajstić information content (AvgIpc) is 3.15. The Hall–Kier alpha value is -1.66. The summed E-state index contributed by atoms with van der Waals surface area (Å²) in [7, 11) is 0. The van der Waals surface area contributed by atoms with Gasteiger partial charge in [0.15, 0.2) is 0 Å². The van der Waals surface area contributed by atoms with Gasteiger partial charge in [0.05, 0.1) is 24.6 Å². The molecule has 0 aromatic heterocycles. The number of amides is 1. The molecule has 0 saturated carbocycles. The summed E-state index contributed by atoms with van der Waals surface area (Å²) < 4.78 is 6.83. The van der Waals surface area contributed by atoms with Gasteiger partial charge in [0, 0.05) is 16.4 Å². The molecular weight excluding hydrogens is 362 g/mol. The van der Waals surface area contributed by atoms with Crippen LogP contribution in [0.4, 0.5) is 0 Å². The largest absolute Gasteiger partial charge is 0.550 e. The van der Waals surface area contributed by atoms with Gasteiger partial charge >= 0.3 is 0 Å². The number of likely N-dealkylation sites (tertiary alicyclic amines) is 1. The molecule has 5 nitrogen and oxygen atoms in total. The minimum atomic E-state index is -1.21. The lowest BCUT2D eigenvalue weighted by atomic mass is 9.77. The highest BCUT2D eigenvalue weighted by atomic mass is 79.9. The van der Waals surface area contributed by atoms with E-state index in [1.54, 1.807) is 11.0 Å². The first kappa shape index (κ1) is 14.9. The summed E-state index contributed by atoms with van der Waals surface area (Å²) in [5.41, 5.74) is 0.192. The first-order chi connectivity index (χ1) is 10.9. The molecule has 2 saturated heterocycles. The first-order valence-corrected chi connectivity index (χ1v) is 8.36. The Morgan fingerprint density at radius 2 is 2.13 bits per heavy atom. The normalized spacial score (nSPS) is 35.7. The van der Waals surface area contributed by atoms with Crippen molar-refractivity contribution in [3.8, 4) is 0 Å². The maximum Gasteiger partial charge on any atom is 0.230 e. The van der Waals surface area contributed by atoms with Crippen LogP contribution in [0.25, 0.3) is 0 Å². The van der Waals surface area contributed by atoms with Crippen molar-refractivity contribution in [2.45, 2.75) is 24.7 Å². The standard InChI is InChI=1S/C17H16BrNO4/c1-9(10-2-4-11(18)5-3-10)19-8-17-7-6-12(23-17)13(16(21)22)14(17)15(19)20/h2-7,9,12-14H,8H2,1H3,(H,21,22)/p-1/t9-,12-,13+,14-,17+/m0/s1. The molecule has 1 aromatic rings. The zero-order valence-electron chi connectivity index (χ0n) is 12.4. The summed E-state index contributed by atoms with van der Waals surface area (Å²) >= 11 is 3.40. The molecular formula is C17H15BrNO4-. The van der Waals surface area contributed by atoms with E-state index in [4.69, 9.17) is 4.74 Å². The smallest absolute Gasteiger partial charge is 0.230 e. The van der Waals surface area contributed by atoms with E-state index in [2.05, 4.69) is 15.9 Å². The Labute approximate surface area is 142 Å². The number of aliphatic carboxylic acids is 1. The summed E-state index contributed by atoms with van der Waals surface area (Å²) in [6, 6.07) is 7.62. The highest BCUT2D eigenvalue weighted by molar-refractivity contribution is 9.10. The highest BCUT2D eigenvalue weighted by Gasteiger charge is 2.65. The van der Waals surface area contributed by atoms with Crippen LogP contribution in [0.15, 0.2) is 40.9 Å². The third-order valence-corrected chi connectivity index (χ3v) is 5.75. The van der Waals surface area contributed by atoms with Crippen molar-refractivity contribution in [2.24, 2.45) is 11.8 Å². The first-order valence-electron chi connectivity index (χ1n) is 7.57. The molecule has 0 unspecified atom stereocenters. The van der Waals surface area contributed by atoms with Crippen molar-refractivity contribution in [1.82, 2.24) is 4.90 Å². The van der Waals surface area contributed by atoms with Gasteiger partial charge in [-0.1, -0.05) is 40.2 Å². The van der Waals surface area contributed by atoms with Crippen molar-refractivity contribution in [1.29, 1.82) is 0 Å². The van der Waals surface area contributed by atoms with Gasteiger partial charge < -0.3 is 19.5 Å². The number of carboxylic acid groups (broad SMARTS) is 1. The fraction of sp³-hybridized carbons (Fsp3) is 0.412. The Kier molecular flexibility index (Phi) is 3.19. The zero-order valence-corrected chi connectivity index (χ0v) is 14.0. The van der Waals surface area contributed by atoms with Crippen LogP contribution in [-0.2, 0) is 14.3 Å².